The van der Waals surface area contributed by atoms with Crippen LogP contribution in [0.5, 0.6) is 0 Å². The maximum atomic E-state index is 12.8. The van der Waals surface area contributed by atoms with Crippen LogP contribution in [0.1, 0.15) is 21.5 Å². The summed E-state index contributed by atoms with van der Waals surface area (Å²) in [6.45, 7) is 1.91. The standard InChI is InChI=1S/C18H15F3N4O/c1-11-5-6-14(10-15(11)25-17-22-7-8-23-17)24-16(26)12-3-2-4-13(9-12)18(19,20)21/h2-10H,1H3,(H,24,26)(H2,22,23,25)/p+1. The van der Waals surface area contributed by atoms with Gasteiger partial charge in [0.2, 0.25) is 0 Å². The number of rotatable bonds is 4. The predicted molar refractivity (Wildman–Crippen MR) is 90.4 cm³/mol. The van der Waals surface area contributed by atoms with Gasteiger partial charge in [-0.2, -0.15) is 18.2 Å². The number of aromatic amines is 1. The molecule has 1 heterocycles. The van der Waals surface area contributed by atoms with E-state index in [0.29, 0.717) is 11.6 Å². The lowest BCUT2D eigenvalue weighted by molar-refractivity contribution is -0.487. The molecule has 3 rings (SSSR count). The van der Waals surface area contributed by atoms with E-state index in [1.807, 2.05) is 18.3 Å². The number of carbonyl (C=O) groups excluding carboxylic acids is 1. The van der Waals surface area contributed by atoms with Crippen LogP contribution < -0.4 is 10.6 Å². The van der Waals surface area contributed by atoms with Crippen molar-refractivity contribution in [2.75, 3.05) is 5.32 Å². The molecule has 0 aliphatic rings. The van der Waals surface area contributed by atoms with Crippen molar-refractivity contribution in [1.29, 1.82) is 0 Å². The fraction of sp³-hybridized carbons (Fsp3) is 0.111. The van der Waals surface area contributed by atoms with Crippen molar-refractivity contribution >= 4 is 23.2 Å². The van der Waals surface area contributed by atoms with E-state index < -0.39 is 17.6 Å². The number of nitrogens with two attached hydrogens (primary N) is 1. The summed E-state index contributed by atoms with van der Waals surface area (Å²) in [5.74, 6) is 0.0540. The van der Waals surface area contributed by atoms with Gasteiger partial charge >= 0.3 is 12.1 Å². The molecule has 1 aromatic heterocycles. The summed E-state index contributed by atoms with van der Waals surface area (Å²) in [7, 11) is 0. The molecule has 0 atom stereocenters. The maximum Gasteiger partial charge on any atom is 0.416 e. The van der Waals surface area contributed by atoms with Crippen LogP contribution in [0.3, 0.4) is 0 Å². The molecule has 0 saturated heterocycles. The number of alkyl halides is 3. The molecule has 5 nitrogen and oxygen atoms in total. The second-order valence-corrected chi connectivity index (χ2v) is 5.72. The van der Waals surface area contributed by atoms with Gasteiger partial charge in [0.05, 0.1) is 11.8 Å². The van der Waals surface area contributed by atoms with E-state index >= 15 is 0 Å². The van der Waals surface area contributed by atoms with Crippen LogP contribution in [0.4, 0.5) is 30.5 Å². The zero-order valence-electron chi connectivity index (χ0n) is 13.8. The van der Waals surface area contributed by atoms with E-state index in [4.69, 9.17) is 0 Å². The highest BCUT2D eigenvalue weighted by atomic mass is 19.4. The molecule has 26 heavy (non-hydrogen) atoms. The molecule has 0 unspecified atom stereocenters. The smallest absolute Gasteiger partial charge is 0.322 e. The number of nitrogens with zero attached hydrogens (tertiary/aromatic N) is 1. The number of nitrogens with one attached hydrogen (secondary N) is 2. The van der Waals surface area contributed by atoms with Crippen molar-refractivity contribution in [2.45, 2.75) is 13.1 Å². The molecule has 8 heteroatoms. The van der Waals surface area contributed by atoms with Crippen LogP contribution in [0.2, 0.25) is 0 Å². The van der Waals surface area contributed by atoms with Crippen molar-refractivity contribution in [2.24, 2.45) is 0 Å². The number of H-pyrrole nitrogens is 1. The number of anilines is 1. The maximum absolute atomic E-state index is 12.8. The third kappa shape index (κ3) is 4.09. The van der Waals surface area contributed by atoms with Crippen LogP contribution in [0.15, 0.2) is 54.9 Å². The highest BCUT2D eigenvalue weighted by Crippen LogP contribution is 2.29. The Morgan fingerprint density at radius 1 is 1.19 bits per heavy atom. The second kappa shape index (κ2) is 7.01. The number of hydrogen-bond acceptors (Lipinski definition) is 2. The quantitative estimate of drug-likeness (QED) is 0.622. The van der Waals surface area contributed by atoms with Crippen LogP contribution in [-0.2, 0) is 6.18 Å². The predicted octanol–water partition coefficient (Wildman–Crippen LogP) is 3.52. The number of benzene rings is 2. The summed E-state index contributed by atoms with van der Waals surface area (Å²) in [5.41, 5.74) is 1.37. The Hall–Kier alpha value is -3.13. The first-order chi connectivity index (χ1) is 12.3. The van der Waals surface area contributed by atoms with Gasteiger partial charge in [0.25, 0.3) is 5.91 Å². The lowest BCUT2D eigenvalue weighted by atomic mass is 10.1. The number of imidazole rings is 1. The number of hydrogen-bond donors (Lipinski definition) is 3. The topological polar surface area (TPSA) is 74.4 Å². The summed E-state index contributed by atoms with van der Waals surface area (Å²) in [4.78, 5) is 19.4. The Bertz CT molecular complexity index is 920. The molecule has 0 aliphatic heterocycles. The average molecular weight is 361 g/mol. The Labute approximate surface area is 147 Å². The summed E-state index contributed by atoms with van der Waals surface area (Å²) in [5, 5.41) is 4.44. The van der Waals surface area contributed by atoms with Crippen molar-refractivity contribution in [1.82, 2.24) is 9.97 Å². The molecule has 0 bridgehead atoms. The van der Waals surface area contributed by atoms with Crippen molar-refractivity contribution < 1.29 is 23.3 Å². The van der Waals surface area contributed by atoms with E-state index in [1.54, 1.807) is 24.5 Å². The Morgan fingerprint density at radius 3 is 2.69 bits per heavy atom. The fourth-order valence-corrected chi connectivity index (χ4v) is 2.42. The van der Waals surface area contributed by atoms with Gasteiger partial charge in [-0.15, -0.1) is 0 Å². The average Bonchev–Trinajstić information content (AvgIpc) is 3.10. The molecular formula is C18H16F3N4O+. The van der Waals surface area contributed by atoms with Gasteiger partial charge in [-0.05, 0) is 31.2 Å². The first kappa shape index (κ1) is 17.7. The van der Waals surface area contributed by atoms with Gasteiger partial charge in [0, 0.05) is 29.1 Å². The van der Waals surface area contributed by atoms with Crippen LogP contribution in [0.25, 0.3) is 0 Å². The fourth-order valence-electron chi connectivity index (χ4n) is 2.42. The number of aromatic nitrogens is 2. The molecule has 0 saturated carbocycles. The molecule has 0 fully saturated rings. The largest absolute Gasteiger partial charge is 0.416 e. The lowest BCUT2D eigenvalue weighted by Gasteiger charge is -2.10. The number of carbonyl (C=O) groups is 1. The highest BCUT2D eigenvalue weighted by molar-refractivity contribution is 6.04. The van der Waals surface area contributed by atoms with Crippen LogP contribution in [-0.4, -0.2) is 15.9 Å². The summed E-state index contributed by atoms with van der Waals surface area (Å²) in [6.07, 6.45) is -1.17. The first-order valence-corrected chi connectivity index (χ1v) is 7.76. The Balaban J connectivity index is 1.79. The van der Waals surface area contributed by atoms with Crippen molar-refractivity contribution in [3.63, 3.8) is 0 Å². The Morgan fingerprint density at radius 2 is 2.00 bits per heavy atom. The van der Waals surface area contributed by atoms with E-state index in [0.717, 1.165) is 23.4 Å². The molecule has 0 spiro atoms. The van der Waals surface area contributed by atoms with E-state index in [-0.39, 0.29) is 5.56 Å². The molecule has 3 aromatic rings. The number of halogens is 3. The van der Waals surface area contributed by atoms with Gasteiger partial charge in [-0.25, -0.2) is 5.32 Å². The van der Waals surface area contributed by atoms with Crippen LogP contribution >= 0.6 is 0 Å². The van der Waals surface area contributed by atoms with Crippen LogP contribution in [0, 0.1) is 6.92 Å². The van der Waals surface area contributed by atoms with Gasteiger partial charge in [0.15, 0.2) is 0 Å². The first-order valence-electron chi connectivity index (χ1n) is 7.76. The molecule has 1 amide bonds. The summed E-state index contributed by atoms with van der Waals surface area (Å²) < 4.78 is 38.4. The Kier molecular flexibility index (Phi) is 4.77. The highest BCUT2D eigenvalue weighted by Gasteiger charge is 2.30. The number of aryl methyl sites for hydroxylation is 1. The molecule has 2 aromatic carbocycles. The van der Waals surface area contributed by atoms with Gasteiger partial charge in [-0.3, -0.25) is 9.78 Å². The van der Waals surface area contributed by atoms with Gasteiger partial charge in [0.1, 0.15) is 5.69 Å². The van der Waals surface area contributed by atoms with E-state index in [1.165, 1.54) is 12.1 Å². The third-order valence-corrected chi connectivity index (χ3v) is 3.80. The zero-order valence-corrected chi connectivity index (χ0v) is 13.8. The van der Waals surface area contributed by atoms with E-state index in [2.05, 4.69) is 15.3 Å². The number of amides is 1. The molecular weight excluding hydrogens is 345 g/mol. The summed E-state index contributed by atoms with van der Waals surface area (Å²) >= 11 is 0. The monoisotopic (exact) mass is 361 g/mol. The molecule has 0 aliphatic carbocycles. The van der Waals surface area contributed by atoms with Gasteiger partial charge in [-0.1, -0.05) is 12.1 Å². The SMILES string of the molecule is Cc1ccc(NC(=O)c2cccc(C(F)(F)F)c2)cc1[NH2+]c1ncc[nH]1. The minimum absolute atomic E-state index is 0.0584. The molecule has 4 N–H and O–H groups in total. The minimum Gasteiger partial charge on any atom is -0.322 e. The third-order valence-electron chi connectivity index (χ3n) is 3.80. The van der Waals surface area contributed by atoms with Gasteiger partial charge < -0.3 is 5.32 Å². The zero-order chi connectivity index (χ0) is 18.7. The number of quaternary nitrogens is 1. The second-order valence-electron chi connectivity index (χ2n) is 5.72. The normalized spacial score (nSPS) is 11.4. The van der Waals surface area contributed by atoms with Crippen molar-refractivity contribution in [3.8, 4) is 0 Å². The summed E-state index contributed by atoms with van der Waals surface area (Å²) in [6, 6.07) is 9.57. The van der Waals surface area contributed by atoms with E-state index in [9.17, 15) is 18.0 Å². The minimum atomic E-state index is -4.49. The molecule has 134 valence electrons. The van der Waals surface area contributed by atoms with Crippen molar-refractivity contribution in [3.05, 3.63) is 71.5 Å². The lowest BCUT2D eigenvalue weighted by Crippen LogP contribution is -2.72. The molecule has 0 radical (unpaired) electrons.